The van der Waals surface area contributed by atoms with E-state index in [0.717, 1.165) is 0 Å². The van der Waals surface area contributed by atoms with E-state index in [4.69, 9.17) is 0 Å². The van der Waals surface area contributed by atoms with Crippen LogP contribution in [0.4, 0.5) is 45.5 Å². The van der Waals surface area contributed by atoms with Gasteiger partial charge in [0.15, 0.2) is 0 Å². The third kappa shape index (κ3) is 4.36. The lowest BCUT2D eigenvalue weighted by atomic mass is 9.53. The molecule has 62 heavy (non-hydrogen) atoms. The summed E-state index contributed by atoms with van der Waals surface area (Å²) in [7, 11) is 0. The van der Waals surface area contributed by atoms with Crippen molar-refractivity contribution < 1.29 is 0 Å². The van der Waals surface area contributed by atoms with Crippen LogP contribution < -0.4 is 30.2 Å². The van der Waals surface area contributed by atoms with Crippen molar-refractivity contribution in [2.45, 2.75) is 90.9 Å². The van der Waals surface area contributed by atoms with Crippen LogP contribution in [0.15, 0.2) is 133 Å². The summed E-state index contributed by atoms with van der Waals surface area (Å²) in [5.74, 6) is 0. The fourth-order valence-corrected chi connectivity index (χ4v) is 12.4. The first-order chi connectivity index (χ1) is 29.6. The van der Waals surface area contributed by atoms with Crippen molar-refractivity contribution in [3.05, 3.63) is 167 Å². The van der Waals surface area contributed by atoms with Gasteiger partial charge in [-0.25, -0.2) is 0 Å². The highest BCUT2D eigenvalue weighted by Gasteiger charge is 2.56. The second kappa shape index (κ2) is 11.5. The van der Waals surface area contributed by atoms with Gasteiger partial charge >= 0.3 is 14.0 Å². The minimum atomic E-state index is -0.170. The minimum absolute atomic E-state index is 0.0428. The van der Waals surface area contributed by atoms with Gasteiger partial charge in [0.05, 0.1) is 22.7 Å². The van der Waals surface area contributed by atoms with E-state index in [2.05, 4.69) is 222 Å². The topological polar surface area (TPSA) is 13.0 Å². The molecular weight excluding hydrogens is 750 g/mol. The maximum Gasteiger partial charge on any atom is 0.421 e. The molecule has 0 fully saturated rings. The van der Waals surface area contributed by atoms with Gasteiger partial charge in [0.1, 0.15) is 0 Å². The van der Waals surface area contributed by atoms with Gasteiger partial charge in [-0.3, -0.25) is 0 Å². The first-order valence-corrected chi connectivity index (χ1v) is 22.7. The summed E-state index contributed by atoms with van der Waals surface area (Å²) in [4.78, 5) is 10.7. The molecule has 6 aliphatic rings. The zero-order valence-corrected chi connectivity index (χ0v) is 37.6. The molecule has 6 heteroatoms. The fraction of sp³-hybridized carbons (Fsp3) is 0.250. The van der Waals surface area contributed by atoms with E-state index in [-0.39, 0.29) is 35.6 Å². The van der Waals surface area contributed by atoms with Gasteiger partial charge < -0.3 is 19.2 Å². The van der Waals surface area contributed by atoms with Crippen LogP contribution in [0.5, 0.6) is 0 Å². The Kier molecular flexibility index (Phi) is 6.75. The van der Waals surface area contributed by atoms with Crippen molar-refractivity contribution in [3.8, 4) is 22.3 Å². The SMILES string of the molecule is CC(C)(C)c1ccc2c(c1)C(C)(C)c1cccc3c1N2B1c2cc4c(cc2-c2ccccc2N13)B1N(c2ccccc2-4)c2cccc3c2N1c1ccc(C(C)(C)C)cc1C3(C)C. The number of benzene rings is 7. The Balaban J connectivity index is 1.09. The maximum absolute atomic E-state index is 2.70. The molecule has 0 bridgehead atoms. The summed E-state index contributed by atoms with van der Waals surface area (Å²) in [6.07, 6.45) is 0. The lowest BCUT2D eigenvalue weighted by Crippen LogP contribution is -2.60. The molecule has 6 aliphatic heterocycles. The van der Waals surface area contributed by atoms with Crippen molar-refractivity contribution >= 4 is 70.4 Å². The fourth-order valence-electron chi connectivity index (χ4n) is 12.4. The van der Waals surface area contributed by atoms with Crippen molar-refractivity contribution in [2.75, 3.05) is 19.2 Å². The van der Waals surface area contributed by atoms with Gasteiger partial charge in [0.2, 0.25) is 0 Å². The summed E-state index contributed by atoms with van der Waals surface area (Å²) in [6.45, 7) is 23.6. The molecule has 302 valence electrons. The monoisotopic (exact) mass is 802 g/mol. The highest BCUT2D eigenvalue weighted by atomic mass is 15.3. The zero-order chi connectivity index (χ0) is 42.6. The van der Waals surface area contributed by atoms with E-state index in [0.29, 0.717) is 0 Å². The molecule has 0 atom stereocenters. The van der Waals surface area contributed by atoms with Crippen LogP contribution in [0.3, 0.4) is 0 Å². The minimum Gasteiger partial charge on any atom is -0.359 e. The summed E-state index contributed by atoms with van der Waals surface area (Å²) in [5, 5.41) is 0. The molecule has 0 amide bonds. The molecule has 0 spiro atoms. The largest absolute Gasteiger partial charge is 0.421 e. The van der Waals surface area contributed by atoms with Gasteiger partial charge in [-0.2, -0.15) is 0 Å². The van der Waals surface area contributed by atoms with E-state index in [1.165, 1.54) is 112 Å². The van der Waals surface area contributed by atoms with Gasteiger partial charge in [0.25, 0.3) is 0 Å². The summed E-state index contributed by atoms with van der Waals surface area (Å²) < 4.78 is 0. The lowest BCUT2D eigenvalue weighted by molar-refractivity contribution is 0.580. The summed E-state index contributed by atoms with van der Waals surface area (Å²) in [5.41, 5.74) is 26.4. The Morgan fingerprint density at radius 2 is 0.742 bits per heavy atom. The van der Waals surface area contributed by atoms with Crippen LogP contribution in [-0.2, 0) is 21.7 Å². The van der Waals surface area contributed by atoms with Crippen molar-refractivity contribution in [1.29, 1.82) is 0 Å². The average Bonchev–Trinajstić information content (AvgIpc) is 3.79. The molecule has 0 aliphatic carbocycles. The van der Waals surface area contributed by atoms with E-state index in [9.17, 15) is 0 Å². The molecule has 13 rings (SSSR count). The second-order valence-corrected chi connectivity index (χ2v) is 21.8. The molecule has 7 aromatic rings. The molecule has 6 heterocycles. The zero-order valence-electron chi connectivity index (χ0n) is 37.6. The average molecular weight is 803 g/mol. The Hall–Kier alpha value is -6.13. The number of hydrogen-bond acceptors (Lipinski definition) is 4. The number of nitrogens with zero attached hydrogens (tertiary/aromatic N) is 4. The molecule has 0 saturated heterocycles. The van der Waals surface area contributed by atoms with Crippen LogP contribution in [0.2, 0.25) is 0 Å². The van der Waals surface area contributed by atoms with Crippen molar-refractivity contribution in [2.24, 2.45) is 0 Å². The van der Waals surface area contributed by atoms with Gasteiger partial charge in [-0.15, -0.1) is 0 Å². The first-order valence-electron chi connectivity index (χ1n) is 22.7. The van der Waals surface area contributed by atoms with Crippen LogP contribution in [0.1, 0.15) is 103 Å². The smallest absolute Gasteiger partial charge is 0.359 e. The Morgan fingerprint density at radius 1 is 0.355 bits per heavy atom. The van der Waals surface area contributed by atoms with E-state index in [1.54, 1.807) is 0 Å². The van der Waals surface area contributed by atoms with Gasteiger partial charge in [0, 0.05) is 44.7 Å². The predicted octanol–water partition coefficient (Wildman–Crippen LogP) is 12.9. The Labute approximate surface area is 368 Å². The van der Waals surface area contributed by atoms with Crippen LogP contribution in [-0.4, -0.2) is 14.0 Å². The van der Waals surface area contributed by atoms with E-state index >= 15 is 0 Å². The lowest BCUT2D eigenvalue weighted by Gasteiger charge is -2.44. The van der Waals surface area contributed by atoms with Crippen LogP contribution in [0.25, 0.3) is 22.3 Å². The highest BCUT2D eigenvalue weighted by molar-refractivity contribution is 6.89. The van der Waals surface area contributed by atoms with Crippen molar-refractivity contribution in [3.63, 3.8) is 0 Å². The van der Waals surface area contributed by atoms with E-state index in [1.807, 2.05) is 0 Å². The highest BCUT2D eigenvalue weighted by Crippen LogP contribution is 2.62. The molecular formula is C56H52B2N4. The van der Waals surface area contributed by atoms with Gasteiger partial charge in [-0.05, 0) is 103 Å². The number of rotatable bonds is 0. The van der Waals surface area contributed by atoms with Gasteiger partial charge in [-0.1, -0.05) is 166 Å². The van der Waals surface area contributed by atoms with Crippen LogP contribution >= 0.6 is 0 Å². The third-order valence-electron chi connectivity index (χ3n) is 15.6. The maximum atomic E-state index is 2.70. The molecule has 0 aromatic heterocycles. The number of para-hydroxylation sites is 4. The first kappa shape index (κ1) is 36.5. The van der Waals surface area contributed by atoms with E-state index < -0.39 is 0 Å². The third-order valence-corrected chi connectivity index (χ3v) is 15.6. The second-order valence-electron chi connectivity index (χ2n) is 21.8. The number of anilines is 8. The number of hydrogen-bond donors (Lipinski definition) is 0. The Bertz CT molecular complexity index is 2950. The normalized spacial score (nSPS) is 17.3. The summed E-state index contributed by atoms with van der Waals surface area (Å²) in [6, 6.07) is 52.3. The number of fused-ring (bicyclic) bond motifs is 20. The predicted molar refractivity (Wildman–Crippen MR) is 264 cm³/mol. The molecule has 4 nitrogen and oxygen atoms in total. The quantitative estimate of drug-likeness (QED) is 0.142. The Morgan fingerprint density at radius 3 is 1.15 bits per heavy atom. The summed E-state index contributed by atoms with van der Waals surface area (Å²) >= 11 is 0. The van der Waals surface area contributed by atoms with Crippen LogP contribution in [0, 0.1) is 0 Å². The molecule has 0 radical (unpaired) electrons. The standard InChI is InChI=1S/C56H52B2N4/c1-53(2,3)33-25-27-47-41(29-33)55(7,8)39-19-15-23-49-51(39)61(47)57-43-31-38-36-18-12-14-22-46(36)60-50-24-16-20-40-52(50)62(48-28-26-34(54(4,5)6)30-42(48)56(40,9)10)58(60)44(38)32-37(43)35-17-11-13-21-45(35)59(49)57/h11-32H,1-10H3. The molecule has 7 aromatic carbocycles. The molecule has 0 unspecified atom stereocenters. The van der Waals surface area contributed by atoms with Crippen molar-refractivity contribution in [1.82, 2.24) is 0 Å². The molecule has 0 saturated carbocycles. The molecule has 0 N–H and O–H groups in total.